The number of aromatic nitrogens is 2. The average molecular weight is 230 g/mol. The molecule has 0 bridgehead atoms. The zero-order valence-corrected chi connectivity index (χ0v) is 9.11. The lowest BCUT2D eigenvalue weighted by atomic mass is 10.2. The minimum atomic E-state index is -0.332. The van der Waals surface area contributed by atoms with Gasteiger partial charge >= 0.3 is 0 Å². The van der Waals surface area contributed by atoms with Crippen LogP contribution < -0.4 is 5.56 Å². The first-order valence-corrected chi connectivity index (χ1v) is 5.59. The summed E-state index contributed by atoms with van der Waals surface area (Å²) < 4.78 is 13.1. The largest absolute Gasteiger partial charge is 0.307 e. The lowest BCUT2D eigenvalue weighted by Gasteiger charge is -2.03. The van der Waals surface area contributed by atoms with Gasteiger partial charge in [0.15, 0.2) is 0 Å². The highest BCUT2D eigenvalue weighted by atomic mass is 19.1. The van der Waals surface area contributed by atoms with Crippen molar-refractivity contribution in [2.24, 2.45) is 0 Å². The molecule has 0 unspecified atom stereocenters. The van der Waals surface area contributed by atoms with Gasteiger partial charge in [0, 0.05) is 17.5 Å². The van der Waals surface area contributed by atoms with Crippen molar-refractivity contribution in [3.05, 3.63) is 52.2 Å². The van der Waals surface area contributed by atoms with E-state index in [1.165, 1.54) is 18.2 Å². The lowest BCUT2D eigenvalue weighted by Crippen LogP contribution is -2.09. The normalized spacial score (nSPS) is 14.9. The van der Waals surface area contributed by atoms with Crippen molar-refractivity contribution in [3.63, 3.8) is 0 Å². The number of halogens is 1. The molecule has 1 N–H and O–H groups in total. The number of aromatic amines is 1. The highest BCUT2D eigenvalue weighted by Crippen LogP contribution is 2.38. The summed E-state index contributed by atoms with van der Waals surface area (Å²) in [6.45, 7) is 0. The van der Waals surface area contributed by atoms with Gasteiger partial charge in [-0.25, -0.2) is 9.37 Å². The maximum Gasteiger partial charge on any atom is 0.251 e. The number of hydrogen-bond acceptors (Lipinski definition) is 2. The summed E-state index contributed by atoms with van der Waals surface area (Å²) in [5, 5.41) is 0. The van der Waals surface area contributed by atoms with E-state index in [1.807, 2.05) is 0 Å². The Hall–Kier alpha value is -1.97. The van der Waals surface area contributed by atoms with Crippen molar-refractivity contribution < 1.29 is 4.39 Å². The Morgan fingerprint density at radius 2 is 2.12 bits per heavy atom. The van der Waals surface area contributed by atoms with Gasteiger partial charge in [-0.15, -0.1) is 0 Å². The fraction of sp³-hybridized carbons (Fsp3) is 0.231. The Kier molecular flexibility index (Phi) is 2.28. The third kappa shape index (κ3) is 2.11. The molecule has 1 aromatic heterocycles. The molecular weight excluding hydrogens is 219 g/mol. The van der Waals surface area contributed by atoms with E-state index in [2.05, 4.69) is 9.97 Å². The molecule has 0 radical (unpaired) electrons. The topological polar surface area (TPSA) is 45.8 Å². The summed E-state index contributed by atoms with van der Waals surface area (Å²) in [6.07, 6.45) is 2.16. The van der Waals surface area contributed by atoms with Crippen molar-refractivity contribution in [1.82, 2.24) is 9.97 Å². The predicted molar refractivity (Wildman–Crippen MR) is 62.2 cm³/mol. The molecule has 1 heterocycles. The van der Waals surface area contributed by atoms with Gasteiger partial charge in [-0.3, -0.25) is 4.79 Å². The van der Waals surface area contributed by atoms with E-state index in [0.29, 0.717) is 17.3 Å². The van der Waals surface area contributed by atoms with Gasteiger partial charge in [0.05, 0.1) is 5.69 Å². The quantitative estimate of drug-likeness (QED) is 0.861. The molecule has 0 saturated heterocycles. The molecule has 1 fully saturated rings. The molecule has 3 nitrogen and oxygen atoms in total. The lowest BCUT2D eigenvalue weighted by molar-refractivity contribution is 0.628. The molecule has 17 heavy (non-hydrogen) atoms. The zero-order chi connectivity index (χ0) is 11.8. The van der Waals surface area contributed by atoms with E-state index in [1.54, 1.807) is 12.1 Å². The summed E-state index contributed by atoms with van der Waals surface area (Å²) in [5.41, 5.74) is 1.23. The van der Waals surface area contributed by atoms with Crippen LogP contribution in [0.4, 0.5) is 4.39 Å². The molecule has 0 spiro atoms. The molecule has 0 atom stereocenters. The van der Waals surface area contributed by atoms with Crippen LogP contribution in [0.25, 0.3) is 11.4 Å². The van der Waals surface area contributed by atoms with Crippen LogP contribution in [0, 0.1) is 5.82 Å². The molecule has 1 saturated carbocycles. The van der Waals surface area contributed by atoms with Crippen LogP contribution >= 0.6 is 0 Å². The predicted octanol–water partition coefficient (Wildman–Crippen LogP) is 2.45. The second-order valence-electron chi connectivity index (χ2n) is 4.30. The zero-order valence-electron chi connectivity index (χ0n) is 9.11. The number of benzene rings is 1. The van der Waals surface area contributed by atoms with Crippen LogP contribution in [0.1, 0.15) is 24.5 Å². The van der Waals surface area contributed by atoms with Gasteiger partial charge in [-0.05, 0) is 25.0 Å². The summed E-state index contributed by atoms with van der Waals surface area (Å²) in [5.74, 6) is 0.519. The van der Waals surface area contributed by atoms with Crippen LogP contribution in [0.2, 0.25) is 0 Å². The summed E-state index contributed by atoms with van der Waals surface area (Å²) in [6, 6.07) is 7.61. The second kappa shape index (κ2) is 3.80. The van der Waals surface area contributed by atoms with E-state index in [-0.39, 0.29) is 11.4 Å². The third-order valence-corrected chi connectivity index (χ3v) is 2.86. The first-order valence-electron chi connectivity index (χ1n) is 5.59. The third-order valence-electron chi connectivity index (χ3n) is 2.86. The van der Waals surface area contributed by atoms with Crippen LogP contribution in [0.15, 0.2) is 35.1 Å². The number of rotatable bonds is 2. The minimum absolute atomic E-state index is 0.179. The van der Waals surface area contributed by atoms with Crippen molar-refractivity contribution in [2.45, 2.75) is 18.8 Å². The van der Waals surface area contributed by atoms with E-state index >= 15 is 0 Å². The fourth-order valence-corrected chi connectivity index (χ4v) is 1.84. The second-order valence-corrected chi connectivity index (χ2v) is 4.30. The average Bonchev–Trinajstić information content (AvgIpc) is 3.12. The molecule has 0 aliphatic heterocycles. The van der Waals surface area contributed by atoms with Gasteiger partial charge in [0.2, 0.25) is 0 Å². The SMILES string of the molecule is O=c1cc(C2CC2)nc(-c2cccc(F)c2)[nH]1. The first kappa shape index (κ1) is 10.2. The molecule has 1 aromatic carbocycles. The van der Waals surface area contributed by atoms with Gasteiger partial charge in [0.25, 0.3) is 5.56 Å². The van der Waals surface area contributed by atoms with E-state index < -0.39 is 0 Å². The van der Waals surface area contributed by atoms with E-state index in [4.69, 9.17) is 0 Å². The standard InChI is InChI=1S/C13H11FN2O/c14-10-3-1-2-9(6-10)13-15-11(8-4-5-8)7-12(17)16-13/h1-3,6-8H,4-5H2,(H,15,16,17). The fourth-order valence-electron chi connectivity index (χ4n) is 1.84. The van der Waals surface area contributed by atoms with Crippen molar-refractivity contribution >= 4 is 0 Å². The first-order chi connectivity index (χ1) is 8.22. The van der Waals surface area contributed by atoms with Crippen molar-refractivity contribution in [2.75, 3.05) is 0 Å². The number of nitrogens with zero attached hydrogens (tertiary/aromatic N) is 1. The van der Waals surface area contributed by atoms with Gasteiger partial charge in [0.1, 0.15) is 11.6 Å². The van der Waals surface area contributed by atoms with Crippen molar-refractivity contribution in [1.29, 1.82) is 0 Å². The van der Waals surface area contributed by atoms with Crippen molar-refractivity contribution in [3.8, 4) is 11.4 Å². The summed E-state index contributed by atoms with van der Waals surface area (Å²) in [7, 11) is 0. The molecule has 1 aliphatic rings. The highest BCUT2D eigenvalue weighted by molar-refractivity contribution is 5.54. The monoisotopic (exact) mass is 230 g/mol. The Balaban J connectivity index is 2.10. The van der Waals surface area contributed by atoms with Gasteiger partial charge < -0.3 is 4.98 Å². The molecule has 4 heteroatoms. The molecule has 2 aromatic rings. The smallest absolute Gasteiger partial charge is 0.251 e. The molecule has 1 aliphatic carbocycles. The Labute approximate surface area is 97.3 Å². The molecular formula is C13H11FN2O. The molecule has 86 valence electrons. The Morgan fingerprint density at radius 3 is 2.82 bits per heavy atom. The molecule has 3 rings (SSSR count). The number of hydrogen-bond donors (Lipinski definition) is 1. The van der Waals surface area contributed by atoms with E-state index in [0.717, 1.165) is 18.5 Å². The maximum atomic E-state index is 13.1. The van der Waals surface area contributed by atoms with Gasteiger partial charge in [-0.1, -0.05) is 12.1 Å². The summed E-state index contributed by atoms with van der Waals surface area (Å²) in [4.78, 5) is 18.5. The summed E-state index contributed by atoms with van der Waals surface area (Å²) >= 11 is 0. The van der Waals surface area contributed by atoms with Crippen LogP contribution in [0.3, 0.4) is 0 Å². The minimum Gasteiger partial charge on any atom is -0.307 e. The van der Waals surface area contributed by atoms with Crippen LogP contribution in [-0.4, -0.2) is 9.97 Å². The number of H-pyrrole nitrogens is 1. The Bertz CT molecular complexity index is 617. The highest BCUT2D eigenvalue weighted by Gasteiger charge is 2.25. The molecule has 0 amide bonds. The van der Waals surface area contributed by atoms with Gasteiger partial charge in [-0.2, -0.15) is 0 Å². The van der Waals surface area contributed by atoms with E-state index in [9.17, 15) is 9.18 Å². The Morgan fingerprint density at radius 1 is 1.29 bits per heavy atom. The maximum absolute atomic E-state index is 13.1. The number of nitrogens with one attached hydrogen (secondary N) is 1. The van der Waals surface area contributed by atoms with Crippen LogP contribution in [0.5, 0.6) is 0 Å². The van der Waals surface area contributed by atoms with Crippen LogP contribution in [-0.2, 0) is 0 Å².